The molecule has 0 unspecified atom stereocenters. The number of aromatic nitrogens is 1. The first-order chi connectivity index (χ1) is 20.7. The zero-order valence-corrected chi connectivity index (χ0v) is 24.5. The highest BCUT2D eigenvalue weighted by molar-refractivity contribution is 7.89. The van der Waals surface area contributed by atoms with Crippen LogP contribution in [-0.4, -0.2) is 81.5 Å². The number of benzene rings is 2. The quantitative estimate of drug-likeness (QED) is 0.276. The summed E-state index contributed by atoms with van der Waals surface area (Å²) in [6.07, 6.45) is 4.16. The second-order valence-electron chi connectivity index (χ2n) is 9.40. The van der Waals surface area contributed by atoms with E-state index < -0.39 is 28.2 Å². The van der Waals surface area contributed by atoms with Crippen LogP contribution in [0.2, 0.25) is 0 Å². The molecule has 0 saturated carbocycles. The number of aliphatic hydroxyl groups is 1. The highest BCUT2D eigenvalue weighted by Crippen LogP contribution is 2.32. The van der Waals surface area contributed by atoms with Crippen LogP contribution in [0, 0.1) is 0 Å². The number of carbonyl (C=O) groups excluding carboxylic acids is 2. The Morgan fingerprint density at radius 2 is 1.81 bits per heavy atom. The Bertz CT molecular complexity index is 1510. The van der Waals surface area contributed by atoms with Gasteiger partial charge in [-0.15, -0.1) is 0 Å². The van der Waals surface area contributed by atoms with Crippen molar-refractivity contribution in [1.82, 2.24) is 9.29 Å². The number of nitrogens with zero attached hydrogens (tertiary/aromatic N) is 2. The number of ether oxygens (including phenoxy) is 4. The Kier molecular flexibility index (Phi) is 10.8. The van der Waals surface area contributed by atoms with Gasteiger partial charge in [-0.1, -0.05) is 12.1 Å². The largest absolute Gasteiger partial charge is 0.497 e. The van der Waals surface area contributed by atoms with Crippen LogP contribution in [0.4, 0.5) is 5.69 Å². The molecule has 1 aliphatic rings. The zero-order chi connectivity index (χ0) is 30.8. The van der Waals surface area contributed by atoms with E-state index in [-0.39, 0.29) is 42.9 Å². The predicted octanol–water partition coefficient (Wildman–Crippen LogP) is 2.93. The Labute approximate surface area is 249 Å². The van der Waals surface area contributed by atoms with Crippen molar-refractivity contribution in [3.05, 3.63) is 96.0 Å². The average molecular weight is 612 g/mol. The number of anilines is 1. The summed E-state index contributed by atoms with van der Waals surface area (Å²) < 4.78 is 49.3. The number of esters is 1. The van der Waals surface area contributed by atoms with Crippen LogP contribution in [0.15, 0.2) is 89.8 Å². The highest BCUT2D eigenvalue weighted by atomic mass is 32.2. The molecule has 2 heterocycles. The third-order valence-corrected chi connectivity index (χ3v) is 8.56. The highest BCUT2D eigenvalue weighted by Gasteiger charge is 2.30. The van der Waals surface area contributed by atoms with Gasteiger partial charge in [-0.2, -0.15) is 4.31 Å². The summed E-state index contributed by atoms with van der Waals surface area (Å²) in [5.74, 6) is -0.779. The van der Waals surface area contributed by atoms with Crippen molar-refractivity contribution >= 4 is 27.6 Å². The molecule has 1 aromatic heterocycles. The molecule has 43 heavy (non-hydrogen) atoms. The van der Waals surface area contributed by atoms with Gasteiger partial charge >= 0.3 is 5.97 Å². The molecular weight excluding hydrogens is 578 g/mol. The Morgan fingerprint density at radius 3 is 2.44 bits per heavy atom. The number of pyridine rings is 1. The van der Waals surface area contributed by atoms with Gasteiger partial charge in [-0.3, -0.25) is 9.78 Å². The first-order valence-electron chi connectivity index (χ1n) is 13.4. The number of nitrogens with one attached hydrogen (secondary N) is 1. The fourth-order valence-corrected chi connectivity index (χ4v) is 5.83. The molecule has 0 spiro atoms. The van der Waals surface area contributed by atoms with Gasteiger partial charge in [0.05, 0.1) is 49.8 Å². The van der Waals surface area contributed by atoms with Gasteiger partial charge in [0, 0.05) is 31.6 Å². The number of carbonyl (C=O) groups is 2. The molecule has 2 atom stereocenters. The van der Waals surface area contributed by atoms with Gasteiger partial charge in [0.15, 0.2) is 5.76 Å². The minimum atomic E-state index is -3.94. The number of hydrogen-bond acceptors (Lipinski definition) is 10. The number of rotatable bonds is 13. The molecule has 12 nitrogen and oxygen atoms in total. The lowest BCUT2D eigenvalue weighted by atomic mass is 9.92. The fraction of sp³-hybridized carbons (Fsp3) is 0.300. The summed E-state index contributed by atoms with van der Waals surface area (Å²) in [6.45, 7) is -0.683. The molecule has 4 rings (SSSR count). The number of sulfonamides is 1. The minimum absolute atomic E-state index is 0.0141. The summed E-state index contributed by atoms with van der Waals surface area (Å²) in [4.78, 5) is 29.0. The topological polar surface area (TPSA) is 154 Å². The summed E-state index contributed by atoms with van der Waals surface area (Å²) in [6, 6.07) is 16.1. The maximum absolute atomic E-state index is 13.2. The third kappa shape index (κ3) is 8.17. The molecule has 0 aliphatic carbocycles. The van der Waals surface area contributed by atoms with Gasteiger partial charge in [-0.25, -0.2) is 13.2 Å². The number of allylic oxidation sites excluding steroid dienone is 1. The molecule has 13 heteroatoms. The van der Waals surface area contributed by atoms with E-state index in [4.69, 9.17) is 18.9 Å². The second kappa shape index (κ2) is 14.7. The minimum Gasteiger partial charge on any atom is -0.497 e. The first-order valence-corrected chi connectivity index (χ1v) is 14.8. The summed E-state index contributed by atoms with van der Waals surface area (Å²) in [5, 5.41) is 12.3. The molecule has 1 amide bonds. The van der Waals surface area contributed by atoms with Crippen LogP contribution in [0.1, 0.15) is 28.3 Å². The normalized spacial score (nSPS) is 16.6. The fourth-order valence-electron chi connectivity index (χ4n) is 4.41. The van der Waals surface area contributed by atoms with Crippen molar-refractivity contribution in [1.29, 1.82) is 0 Å². The molecule has 2 N–H and O–H groups in total. The van der Waals surface area contributed by atoms with E-state index in [1.165, 1.54) is 32.5 Å². The van der Waals surface area contributed by atoms with Crippen LogP contribution in [-0.2, 0) is 29.0 Å². The molecule has 2 aromatic carbocycles. The smallest absolute Gasteiger partial charge is 0.337 e. The molecule has 3 aromatic rings. The molecule has 228 valence electrons. The van der Waals surface area contributed by atoms with Gasteiger partial charge in [0.25, 0.3) is 5.91 Å². The standard InChI is InChI=1S/C30H33N3O9S/c1-39-25-9-11-26(12-10-25)43(37,38)33(14-16-34)15-17-41-28-19-23(21-5-7-22(8-6-21)30(36)40-2)18-27(42-28)29(35)32-24-4-3-13-31-20-24/h3-13,18,20,23,28,34H,14-17,19H2,1-2H3,(H,32,35)/t23-,28+/m0/s1. The number of aliphatic hydroxyl groups excluding tert-OH is 1. The van der Waals surface area contributed by atoms with Crippen LogP contribution in [0.3, 0.4) is 0 Å². The van der Waals surface area contributed by atoms with E-state index in [9.17, 15) is 23.1 Å². The van der Waals surface area contributed by atoms with Gasteiger partial charge in [0.1, 0.15) is 5.75 Å². The average Bonchev–Trinajstić information content (AvgIpc) is 3.04. The van der Waals surface area contributed by atoms with Crippen molar-refractivity contribution in [3.63, 3.8) is 0 Å². The van der Waals surface area contributed by atoms with E-state index in [0.717, 1.165) is 9.87 Å². The summed E-state index contributed by atoms with van der Waals surface area (Å²) in [7, 11) is -1.15. The molecule has 1 aliphatic heterocycles. The van der Waals surface area contributed by atoms with E-state index in [2.05, 4.69) is 10.3 Å². The Hall–Kier alpha value is -4.30. The van der Waals surface area contributed by atoms with Crippen LogP contribution < -0.4 is 10.1 Å². The summed E-state index contributed by atoms with van der Waals surface area (Å²) in [5.41, 5.74) is 1.66. The zero-order valence-electron chi connectivity index (χ0n) is 23.7. The van der Waals surface area contributed by atoms with Crippen molar-refractivity contribution in [2.24, 2.45) is 0 Å². The molecule has 0 saturated heterocycles. The number of amides is 1. The van der Waals surface area contributed by atoms with Crippen LogP contribution in [0.25, 0.3) is 0 Å². The lowest BCUT2D eigenvalue weighted by Crippen LogP contribution is -2.37. The van der Waals surface area contributed by atoms with Gasteiger partial charge in [0.2, 0.25) is 16.3 Å². The predicted molar refractivity (Wildman–Crippen MR) is 156 cm³/mol. The molecule has 0 bridgehead atoms. The molecular formula is C30H33N3O9S. The van der Waals surface area contributed by atoms with Crippen molar-refractivity contribution < 1.29 is 42.1 Å². The maximum Gasteiger partial charge on any atom is 0.337 e. The van der Waals surface area contributed by atoms with E-state index >= 15 is 0 Å². The second-order valence-corrected chi connectivity index (χ2v) is 11.3. The maximum atomic E-state index is 13.2. The molecule has 0 radical (unpaired) electrons. The van der Waals surface area contributed by atoms with Gasteiger partial charge in [-0.05, 0) is 60.2 Å². The Morgan fingerprint density at radius 1 is 1.07 bits per heavy atom. The van der Waals surface area contributed by atoms with Crippen molar-refractivity contribution in [2.45, 2.75) is 23.5 Å². The number of hydrogen-bond donors (Lipinski definition) is 2. The van der Waals surface area contributed by atoms with Crippen molar-refractivity contribution in [3.8, 4) is 5.75 Å². The van der Waals surface area contributed by atoms with Crippen molar-refractivity contribution in [2.75, 3.05) is 45.8 Å². The number of methoxy groups -OCH3 is 2. The lowest BCUT2D eigenvalue weighted by Gasteiger charge is -2.30. The summed E-state index contributed by atoms with van der Waals surface area (Å²) >= 11 is 0. The van der Waals surface area contributed by atoms with E-state index in [0.29, 0.717) is 23.4 Å². The molecule has 0 fully saturated rings. The first kappa shape index (κ1) is 31.6. The monoisotopic (exact) mass is 611 g/mol. The lowest BCUT2D eigenvalue weighted by molar-refractivity contribution is -0.143. The van der Waals surface area contributed by atoms with E-state index in [1.54, 1.807) is 60.8 Å². The third-order valence-electron chi connectivity index (χ3n) is 6.65. The van der Waals surface area contributed by atoms with Crippen LogP contribution >= 0.6 is 0 Å². The van der Waals surface area contributed by atoms with Gasteiger partial charge < -0.3 is 29.4 Å². The van der Waals surface area contributed by atoms with E-state index in [1.807, 2.05) is 0 Å². The van der Waals surface area contributed by atoms with Crippen LogP contribution in [0.5, 0.6) is 5.75 Å². The Balaban J connectivity index is 1.49. The SMILES string of the molecule is COC(=O)c1ccc([C@H]2C=C(C(=O)Nc3cccnc3)O[C@@H](OCCN(CCO)S(=O)(=O)c3ccc(OC)cc3)C2)cc1.